The van der Waals surface area contributed by atoms with Crippen molar-refractivity contribution in [3.8, 4) is 0 Å². The van der Waals surface area contributed by atoms with E-state index in [0.717, 1.165) is 12.6 Å². The maximum absolute atomic E-state index is 13.0. The fourth-order valence-electron chi connectivity index (χ4n) is 1.53. The van der Waals surface area contributed by atoms with Gasteiger partial charge in [0, 0.05) is 12.1 Å². The van der Waals surface area contributed by atoms with E-state index < -0.39 is 11.6 Å². The summed E-state index contributed by atoms with van der Waals surface area (Å²) in [6, 6.07) is 3.50. The Balaban J connectivity index is 2.93. The lowest BCUT2D eigenvalue weighted by Crippen LogP contribution is -2.20. The van der Waals surface area contributed by atoms with Crippen molar-refractivity contribution in [2.75, 3.05) is 6.54 Å². The molecule has 1 rings (SSSR count). The Bertz CT molecular complexity index is 316. The molecule has 1 N–H and O–H groups in total. The van der Waals surface area contributed by atoms with Crippen molar-refractivity contribution in [3.63, 3.8) is 0 Å². The van der Waals surface area contributed by atoms with Gasteiger partial charge in [-0.25, -0.2) is 8.78 Å². The quantitative estimate of drug-likeness (QED) is 0.737. The molecule has 1 aromatic rings. The van der Waals surface area contributed by atoms with E-state index in [0.29, 0.717) is 12.0 Å². The van der Waals surface area contributed by atoms with E-state index in [9.17, 15) is 8.78 Å². The highest BCUT2D eigenvalue weighted by Gasteiger charge is 2.10. The fraction of sp³-hybridized carbons (Fsp3) is 0.333. The first-order valence-corrected chi connectivity index (χ1v) is 4.97. The van der Waals surface area contributed by atoms with E-state index >= 15 is 0 Å². The Labute approximate surface area is 88.8 Å². The number of rotatable bonds is 5. The maximum Gasteiger partial charge on any atom is 0.126 e. The first-order valence-electron chi connectivity index (χ1n) is 4.97. The van der Waals surface area contributed by atoms with Crippen LogP contribution in [0.15, 0.2) is 30.9 Å². The Morgan fingerprint density at radius 2 is 1.93 bits per heavy atom. The maximum atomic E-state index is 13.0. The SMILES string of the molecule is C=CCC(NCC)c1cc(F)cc(F)c1. The molecule has 1 nitrogen and oxygen atoms in total. The molecule has 0 fully saturated rings. The second-order valence-corrected chi connectivity index (χ2v) is 3.34. The molecule has 82 valence electrons. The highest BCUT2D eigenvalue weighted by atomic mass is 19.1. The van der Waals surface area contributed by atoms with Gasteiger partial charge < -0.3 is 5.32 Å². The smallest absolute Gasteiger partial charge is 0.126 e. The van der Waals surface area contributed by atoms with Gasteiger partial charge in [-0.05, 0) is 30.7 Å². The summed E-state index contributed by atoms with van der Waals surface area (Å²) in [7, 11) is 0. The average Bonchev–Trinajstić information content (AvgIpc) is 2.16. The molecule has 15 heavy (non-hydrogen) atoms. The number of hydrogen-bond acceptors (Lipinski definition) is 1. The zero-order chi connectivity index (χ0) is 11.3. The summed E-state index contributed by atoms with van der Waals surface area (Å²) in [4.78, 5) is 0. The second-order valence-electron chi connectivity index (χ2n) is 3.34. The van der Waals surface area contributed by atoms with E-state index in [1.807, 2.05) is 6.92 Å². The van der Waals surface area contributed by atoms with Gasteiger partial charge in [-0.2, -0.15) is 0 Å². The van der Waals surface area contributed by atoms with Gasteiger partial charge in [0.05, 0.1) is 0 Å². The summed E-state index contributed by atoms with van der Waals surface area (Å²) in [5.41, 5.74) is 0.620. The van der Waals surface area contributed by atoms with Crippen LogP contribution >= 0.6 is 0 Å². The third-order valence-electron chi connectivity index (χ3n) is 2.14. The van der Waals surface area contributed by atoms with Crippen LogP contribution in [0.1, 0.15) is 24.9 Å². The van der Waals surface area contributed by atoms with Gasteiger partial charge in [0.2, 0.25) is 0 Å². The molecule has 0 aliphatic rings. The van der Waals surface area contributed by atoms with Gasteiger partial charge in [-0.1, -0.05) is 13.0 Å². The molecule has 0 radical (unpaired) electrons. The molecule has 0 aliphatic carbocycles. The summed E-state index contributed by atoms with van der Waals surface area (Å²) in [6.07, 6.45) is 2.38. The third kappa shape index (κ3) is 3.44. The van der Waals surface area contributed by atoms with Crippen LogP contribution < -0.4 is 5.32 Å². The van der Waals surface area contributed by atoms with E-state index in [1.165, 1.54) is 12.1 Å². The normalized spacial score (nSPS) is 12.5. The van der Waals surface area contributed by atoms with Gasteiger partial charge >= 0.3 is 0 Å². The second kappa shape index (κ2) is 5.61. The molecule has 0 saturated heterocycles. The van der Waals surface area contributed by atoms with Crippen molar-refractivity contribution < 1.29 is 8.78 Å². The van der Waals surface area contributed by atoms with Crippen molar-refractivity contribution in [3.05, 3.63) is 48.1 Å². The van der Waals surface area contributed by atoms with Crippen LogP contribution in [0.25, 0.3) is 0 Å². The molecular formula is C12H15F2N. The van der Waals surface area contributed by atoms with Crippen molar-refractivity contribution in [2.24, 2.45) is 0 Å². The van der Waals surface area contributed by atoms with E-state index in [4.69, 9.17) is 0 Å². The molecular weight excluding hydrogens is 196 g/mol. The van der Waals surface area contributed by atoms with Crippen molar-refractivity contribution in [1.82, 2.24) is 5.32 Å². The standard InChI is InChI=1S/C12H15F2N/c1-3-5-12(15-4-2)9-6-10(13)8-11(14)7-9/h3,6-8,12,15H,1,4-5H2,2H3. The first kappa shape index (κ1) is 11.9. The van der Waals surface area contributed by atoms with Crippen molar-refractivity contribution in [1.29, 1.82) is 0 Å². The lowest BCUT2D eigenvalue weighted by atomic mass is 10.0. The van der Waals surface area contributed by atoms with Crippen LogP contribution in [-0.4, -0.2) is 6.54 Å². The van der Waals surface area contributed by atoms with E-state index in [2.05, 4.69) is 11.9 Å². The summed E-state index contributed by atoms with van der Waals surface area (Å²) >= 11 is 0. The van der Waals surface area contributed by atoms with Crippen LogP contribution in [-0.2, 0) is 0 Å². The van der Waals surface area contributed by atoms with Gasteiger partial charge in [-0.3, -0.25) is 0 Å². The fourth-order valence-corrected chi connectivity index (χ4v) is 1.53. The van der Waals surface area contributed by atoms with Crippen LogP contribution in [0.5, 0.6) is 0 Å². The summed E-state index contributed by atoms with van der Waals surface area (Å²) in [5, 5.41) is 3.15. The van der Waals surface area contributed by atoms with Crippen molar-refractivity contribution in [2.45, 2.75) is 19.4 Å². The van der Waals surface area contributed by atoms with Gasteiger partial charge in [0.1, 0.15) is 11.6 Å². The lowest BCUT2D eigenvalue weighted by Gasteiger charge is -2.16. The molecule has 1 unspecified atom stereocenters. The molecule has 0 bridgehead atoms. The Hall–Kier alpha value is -1.22. The molecule has 0 aromatic heterocycles. The minimum atomic E-state index is -0.544. The Kier molecular flexibility index (Phi) is 4.43. The predicted molar refractivity (Wildman–Crippen MR) is 57.6 cm³/mol. The molecule has 0 heterocycles. The van der Waals surface area contributed by atoms with Gasteiger partial charge in [0.25, 0.3) is 0 Å². The highest BCUT2D eigenvalue weighted by Crippen LogP contribution is 2.19. The third-order valence-corrected chi connectivity index (χ3v) is 2.14. The van der Waals surface area contributed by atoms with Crippen LogP contribution in [0, 0.1) is 11.6 Å². The van der Waals surface area contributed by atoms with E-state index in [-0.39, 0.29) is 6.04 Å². The summed E-state index contributed by atoms with van der Waals surface area (Å²) in [6.45, 7) is 6.32. The molecule has 0 aliphatic heterocycles. The topological polar surface area (TPSA) is 12.0 Å². The molecule has 1 aromatic carbocycles. The monoisotopic (exact) mass is 211 g/mol. The zero-order valence-electron chi connectivity index (χ0n) is 8.76. The largest absolute Gasteiger partial charge is 0.310 e. The van der Waals surface area contributed by atoms with Gasteiger partial charge in [-0.15, -0.1) is 6.58 Å². The number of nitrogens with one attached hydrogen (secondary N) is 1. The van der Waals surface area contributed by atoms with Gasteiger partial charge in [0.15, 0.2) is 0 Å². The van der Waals surface area contributed by atoms with Crippen molar-refractivity contribution >= 4 is 0 Å². The van der Waals surface area contributed by atoms with Crippen LogP contribution in [0.4, 0.5) is 8.78 Å². The molecule has 3 heteroatoms. The number of halogens is 2. The Morgan fingerprint density at radius 3 is 2.40 bits per heavy atom. The zero-order valence-corrected chi connectivity index (χ0v) is 8.76. The molecule has 0 saturated carbocycles. The minimum Gasteiger partial charge on any atom is -0.310 e. The first-order chi connectivity index (χ1) is 7.17. The summed E-state index contributed by atoms with van der Waals surface area (Å²) < 4.78 is 26.0. The average molecular weight is 211 g/mol. The Morgan fingerprint density at radius 1 is 1.33 bits per heavy atom. The van der Waals surface area contributed by atoms with Crippen LogP contribution in [0.3, 0.4) is 0 Å². The number of benzene rings is 1. The predicted octanol–water partition coefficient (Wildman–Crippen LogP) is 3.19. The molecule has 0 spiro atoms. The summed E-state index contributed by atoms with van der Waals surface area (Å²) in [5.74, 6) is -1.09. The molecule has 0 amide bonds. The highest BCUT2D eigenvalue weighted by molar-refractivity contribution is 5.22. The molecule has 1 atom stereocenters. The van der Waals surface area contributed by atoms with E-state index in [1.54, 1.807) is 6.08 Å². The number of hydrogen-bond donors (Lipinski definition) is 1. The van der Waals surface area contributed by atoms with Crippen LogP contribution in [0.2, 0.25) is 0 Å². The lowest BCUT2D eigenvalue weighted by molar-refractivity contribution is 0.535. The minimum absolute atomic E-state index is 0.0716.